The van der Waals surface area contributed by atoms with E-state index in [9.17, 15) is 0 Å². The SMILES string of the molecule is CC(=O)O.C[CH2][Sn]([CH2]C)[c]1ccccc1. The van der Waals surface area contributed by atoms with Gasteiger partial charge in [-0.2, -0.15) is 0 Å². The summed E-state index contributed by atoms with van der Waals surface area (Å²) in [6.07, 6.45) is 0. The predicted octanol–water partition coefficient (Wildman–Crippen LogP) is 2.52. The van der Waals surface area contributed by atoms with E-state index < -0.39 is 25.7 Å². The molecular weight excluding hydrogens is 295 g/mol. The fraction of sp³-hybridized carbons (Fsp3) is 0.417. The van der Waals surface area contributed by atoms with Gasteiger partial charge in [-0.3, -0.25) is 4.79 Å². The van der Waals surface area contributed by atoms with Gasteiger partial charge < -0.3 is 5.11 Å². The second kappa shape index (κ2) is 8.77. The normalized spacial score (nSPS) is 9.33. The van der Waals surface area contributed by atoms with Crippen LogP contribution in [0.5, 0.6) is 0 Å². The van der Waals surface area contributed by atoms with E-state index in [4.69, 9.17) is 9.90 Å². The topological polar surface area (TPSA) is 37.3 Å². The molecular formula is C12H19O2Sn. The second-order valence-corrected chi connectivity index (χ2v) is 12.3. The van der Waals surface area contributed by atoms with Crippen molar-refractivity contribution in [2.24, 2.45) is 0 Å². The molecule has 3 heteroatoms. The van der Waals surface area contributed by atoms with Gasteiger partial charge in [0.2, 0.25) is 0 Å². The van der Waals surface area contributed by atoms with Crippen LogP contribution in [0.25, 0.3) is 0 Å². The number of carboxylic acids is 1. The van der Waals surface area contributed by atoms with Crippen LogP contribution in [-0.4, -0.2) is 30.8 Å². The molecule has 0 atom stereocenters. The average Bonchev–Trinajstić information content (AvgIpc) is 2.20. The molecule has 0 unspecified atom stereocenters. The molecule has 0 aromatic heterocycles. The zero-order chi connectivity index (χ0) is 11.7. The number of carboxylic acid groups (broad SMARTS) is 1. The number of carbonyl (C=O) groups is 1. The molecule has 1 aromatic carbocycles. The standard InChI is InChI=1S/C6H5.C2H4O2.2C2H5.Sn/c1-2-4-6-5-3-1;1-2(3)4;2*1-2;/h1-5H;1H3,(H,3,4);2*1H2,2H3;. The number of aliphatic carboxylic acids is 1. The first kappa shape index (κ1) is 14.5. The molecule has 1 rings (SSSR count). The van der Waals surface area contributed by atoms with Crippen molar-refractivity contribution in [2.45, 2.75) is 29.6 Å². The molecule has 83 valence electrons. The third kappa shape index (κ3) is 7.42. The van der Waals surface area contributed by atoms with Crippen molar-refractivity contribution >= 4 is 29.3 Å². The van der Waals surface area contributed by atoms with Crippen LogP contribution in [0.1, 0.15) is 20.8 Å². The molecule has 0 saturated heterocycles. The van der Waals surface area contributed by atoms with Gasteiger partial charge in [-0.05, 0) is 0 Å². The molecule has 0 aliphatic heterocycles. The first-order chi connectivity index (χ1) is 7.11. The molecule has 0 saturated carbocycles. The Kier molecular flexibility index (Phi) is 8.47. The van der Waals surface area contributed by atoms with Crippen molar-refractivity contribution < 1.29 is 9.90 Å². The van der Waals surface area contributed by atoms with Crippen molar-refractivity contribution in [1.82, 2.24) is 0 Å². The second-order valence-electron chi connectivity index (χ2n) is 3.20. The van der Waals surface area contributed by atoms with Crippen LogP contribution in [0, 0.1) is 0 Å². The van der Waals surface area contributed by atoms with E-state index in [0.29, 0.717) is 0 Å². The Balaban J connectivity index is 0.000000423. The summed E-state index contributed by atoms with van der Waals surface area (Å²) in [5.41, 5.74) is 0. The molecule has 2 nitrogen and oxygen atoms in total. The van der Waals surface area contributed by atoms with Crippen LogP contribution in [0.2, 0.25) is 8.87 Å². The third-order valence-corrected chi connectivity index (χ3v) is 10.2. The van der Waals surface area contributed by atoms with E-state index in [2.05, 4.69) is 44.2 Å². The van der Waals surface area contributed by atoms with E-state index in [0.717, 1.165) is 6.92 Å². The Morgan fingerprint density at radius 3 is 1.93 bits per heavy atom. The molecule has 0 amide bonds. The van der Waals surface area contributed by atoms with E-state index in [-0.39, 0.29) is 0 Å². The van der Waals surface area contributed by atoms with Crippen molar-refractivity contribution in [2.75, 3.05) is 0 Å². The van der Waals surface area contributed by atoms with Crippen molar-refractivity contribution in [3.63, 3.8) is 0 Å². The zero-order valence-corrected chi connectivity index (χ0v) is 12.5. The summed E-state index contributed by atoms with van der Waals surface area (Å²) >= 11 is -1.10. The molecule has 1 radical (unpaired) electrons. The number of hydrogen-bond donors (Lipinski definition) is 1. The third-order valence-electron chi connectivity index (χ3n) is 2.04. The van der Waals surface area contributed by atoms with E-state index in [1.165, 1.54) is 8.87 Å². The molecule has 1 aromatic rings. The van der Waals surface area contributed by atoms with Crippen molar-refractivity contribution in [3.8, 4) is 0 Å². The van der Waals surface area contributed by atoms with Gasteiger partial charge in [-0.15, -0.1) is 0 Å². The van der Waals surface area contributed by atoms with Gasteiger partial charge in [0.15, 0.2) is 0 Å². The number of rotatable bonds is 3. The zero-order valence-electron chi connectivity index (χ0n) is 9.66. The van der Waals surface area contributed by atoms with Gasteiger partial charge in [0, 0.05) is 6.92 Å². The van der Waals surface area contributed by atoms with E-state index in [1.54, 1.807) is 3.58 Å². The van der Waals surface area contributed by atoms with Crippen molar-refractivity contribution in [1.29, 1.82) is 0 Å². The number of benzene rings is 1. The quantitative estimate of drug-likeness (QED) is 0.871. The number of hydrogen-bond acceptors (Lipinski definition) is 1. The fourth-order valence-corrected chi connectivity index (χ4v) is 6.98. The fourth-order valence-electron chi connectivity index (χ4n) is 1.33. The molecule has 15 heavy (non-hydrogen) atoms. The summed E-state index contributed by atoms with van der Waals surface area (Å²) in [6.45, 7) is 5.76. The minimum atomic E-state index is -1.10. The summed E-state index contributed by atoms with van der Waals surface area (Å²) in [7, 11) is 0. The monoisotopic (exact) mass is 315 g/mol. The average molecular weight is 314 g/mol. The van der Waals surface area contributed by atoms with Crippen LogP contribution in [0.3, 0.4) is 0 Å². The maximum absolute atomic E-state index is 9.00. The van der Waals surface area contributed by atoms with Gasteiger partial charge in [-0.25, -0.2) is 0 Å². The minimum absolute atomic E-state index is 0.833. The molecule has 1 N–H and O–H groups in total. The van der Waals surface area contributed by atoms with Gasteiger partial charge in [-0.1, -0.05) is 0 Å². The Labute approximate surface area is 99.1 Å². The Bertz CT molecular complexity index is 264. The van der Waals surface area contributed by atoms with Crippen LogP contribution in [0.4, 0.5) is 0 Å². The molecule has 0 aliphatic carbocycles. The summed E-state index contributed by atoms with van der Waals surface area (Å²) in [5, 5.41) is 7.42. The van der Waals surface area contributed by atoms with Gasteiger partial charge >= 0.3 is 76.4 Å². The molecule has 0 spiro atoms. The summed E-state index contributed by atoms with van der Waals surface area (Å²) < 4.78 is 4.57. The summed E-state index contributed by atoms with van der Waals surface area (Å²) in [4.78, 5) is 9.00. The van der Waals surface area contributed by atoms with Crippen LogP contribution < -0.4 is 3.58 Å². The Morgan fingerprint density at radius 1 is 1.20 bits per heavy atom. The molecule has 0 fully saturated rings. The predicted molar refractivity (Wildman–Crippen MR) is 66.1 cm³/mol. The van der Waals surface area contributed by atoms with E-state index >= 15 is 0 Å². The first-order valence-corrected chi connectivity index (χ1v) is 10.7. The maximum atomic E-state index is 9.00. The van der Waals surface area contributed by atoms with Crippen LogP contribution >= 0.6 is 0 Å². The van der Waals surface area contributed by atoms with Crippen molar-refractivity contribution in [3.05, 3.63) is 30.3 Å². The molecule has 0 aliphatic rings. The van der Waals surface area contributed by atoms with Crippen LogP contribution in [-0.2, 0) is 4.79 Å². The van der Waals surface area contributed by atoms with Crippen LogP contribution in [0.15, 0.2) is 30.3 Å². The van der Waals surface area contributed by atoms with Gasteiger partial charge in [0.1, 0.15) is 0 Å². The summed E-state index contributed by atoms with van der Waals surface area (Å²) in [6, 6.07) is 11.1. The molecule has 0 heterocycles. The first-order valence-electron chi connectivity index (χ1n) is 5.21. The van der Waals surface area contributed by atoms with E-state index in [1.807, 2.05) is 0 Å². The Morgan fingerprint density at radius 2 is 1.60 bits per heavy atom. The van der Waals surface area contributed by atoms with Gasteiger partial charge in [0.05, 0.1) is 0 Å². The summed E-state index contributed by atoms with van der Waals surface area (Å²) in [5.74, 6) is -0.833. The Hall–Kier alpha value is -0.511. The molecule has 0 bridgehead atoms. The van der Waals surface area contributed by atoms with Gasteiger partial charge in [0.25, 0.3) is 5.97 Å².